The molecule has 0 saturated carbocycles. The SMILES string of the molecule is C#CCNC(=O)c1cn(-c2ccc(C)cc2)nc1-c1ccccc1. The minimum atomic E-state index is -0.231. The minimum absolute atomic E-state index is 0.183. The van der Waals surface area contributed by atoms with E-state index in [0.717, 1.165) is 11.3 Å². The lowest BCUT2D eigenvalue weighted by atomic mass is 10.1. The van der Waals surface area contributed by atoms with Crippen LogP contribution in [-0.4, -0.2) is 22.2 Å². The molecule has 0 bridgehead atoms. The smallest absolute Gasteiger partial charge is 0.255 e. The van der Waals surface area contributed by atoms with Crippen molar-refractivity contribution in [2.75, 3.05) is 6.54 Å². The molecule has 0 saturated heterocycles. The van der Waals surface area contributed by atoms with Gasteiger partial charge < -0.3 is 5.32 Å². The Labute approximate surface area is 141 Å². The van der Waals surface area contributed by atoms with Crippen LogP contribution >= 0.6 is 0 Å². The van der Waals surface area contributed by atoms with Crippen LogP contribution in [0.25, 0.3) is 16.9 Å². The van der Waals surface area contributed by atoms with E-state index in [1.165, 1.54) is 5.56 Å². The molecule has 1 heterocycles. The van der Waals surface area contributed by atoms with Crippen LogP contribution in [0.4, 0.5) is 0 Å². The van der Waals surface area contributed by atoms with Crippen LogP contribution in [-0.2, 0) is 0 Å². The Morgan fingerprint density at radius 2 is 1.88 bits per heavy atom. The molecule has 118 valence electrons. The number of amides is 1. The number of aromatic nitrogens is 2. The van der Waals surface area contributed by atoms with E-state index in [0.29, 0.717) is 11.3 Å². The highest BCUT2D eigenvalue weighted by Gasteiger charge is 2.18. The van der Waals surface area contributed by atoms with E-state index in [1.54, 1.807) is 10.9 Å². The van der Waals surface area contributed by atoms with Gasteiger partial charge in [0.25, 0.3) is 5.91 Å². The zero-order valence-electron chi connectivity index (χ0n) is 13.4. The number of aryl methyl sites for hydroxylation is 1. The van der Waals surface area contributed by atoms with Gasteiger partial charge in [-0.25, -0.2) is 4.68 Å². The molecule has 2 aromatic carbocycles. The van der Waals surface area contributed by atoms with Gasteiger partial charge in [-0.1, -0.05) is 53.9 Å². The number of rotatable bonds is 4. The quantitative estimate of drug-likeness (QED) is 0.752. The second kappa shape index (κ2) is 6.84. The van der Waals surface area contributed by atoms with Crippen molar-refractivity contribution < 1.29 is 4.79 Å². The van der Waals surface area contributed by atoms with Crippen molar-refractivity contribution in [2.45, 2.75) is 6.92 Å². The van der Waals surface area contributed by atoms with Gasteiger partial charge in [0, 0.05) is 11.8 Å². The topological polar surface area (TPSA) is 46.9 Å². The number of carbonyl (C=O) groups excluding carboxylic acids is 1. The minimum Gasteiger partial charge on any atom is -0.341 e. The predicted molar refractivity (Wildman–Crippen MR) is 94.9 cm³/mol. The number of carbonyl (C=O) groups is 1. The molecule has 3 rings (SSSR count). The van der Waals surface area contributed by atoms with E-state index in [1.807, 2.05) is 61.5 Å². The Kier molecular flexibility index (Phi) is 4.44. The molecule has 0 atom stereocenters. The van der Waals surface area contributed by atoms with Crippen molar-refractivity contribution >= 4 is 5.91 Å². The van der Waals surface area contributed by atoms with E-state index in [4.69, 9.17) is 6.42 Å². The van der Waals surface area contributed by atoms with Crippen molar-refractivity contribution in [1.29, 1.82) is 0 Å². The number of hydrogen-bond acceptors (Lipinski definition) is 2. The van der Waals surface area contributed by atoms with Crippen LogP contribution < -0.4 is 5.32 Å². The van der Waals surface area contributed by atoms with Gasteiger partial charge >= 0.3 is 0 Å². The largest absolute Gasteiger partial charge is 0.341 e. The summed E-state index contributed by atoms with van der Waals surface area (Å²) in [6.07, 6.45) is 6.96. The van der Waals surface area contributed by atoms with E-state index < -0.39 is 0 Å². The fourth-order valence-corrected chi connectivity index (χ4v) is 2.41. The van der Waals surface area contributed by atoms with E-state index in [9.17, 15) is 4.79 Å². The Morgan fingerprint density at radius 3 is 2.54 bits per heavy atom. The van der Waals surface area contributed by atoms with E-state index in [2.05, 4.69) is 16.3 Å². The molecular formula is C20H17N3O. The molecule has 0 aliphatic carbocycles. The monoisotopic (exact) mass is 315 g/mol. The number of nitrogens with zero attached hydrogens (tertiary/aromatic N) is 2. The predicted octanol–water partition coefficient (Wildman–Crippen LogP) is 3.21. The standard InChI is InChI=1S/C20H17N3O/c1-3-13-21-20(24)18-14-23(17-11-9-15(2)10-12-17)22-19(18)16-7-5-4-6-8-16/h1,4-12,14H,13H2,2H3,(H,21,24). The normalized spacial score (nSPS) is 10.2. The van der Waals surface area contributed by atoms with Gasteiger partial charge in [0.15, 0.2) is 0 Å². The maximum atomic E-state index is 12.4. The third-order valence-corrected chi connectivity index (χ3v) is 3.66. The first kappa shape index (κ1) is 15.6. The third-order valence-electron chi connectivity index (χ3n) is 3.66. The molecule has 0 radical (unpaired) electrons. The Balaban J connectivity index is 2.07. The molecule has 1 amide bonds. The van der Waals surface area contributed by atoms with Crippen LogP contribution in [0, 0.1) is 19.3 Å². The number of hydrogen-bond donors (Lipinski definition) is 1. The second-order valence-corrected chi connectivity index (χ2v) is 5.42. The Morgan fingerprint density at radius 1 is 1.17 bits per heavy atom. The van der Waals surface area contributed by atoms with E-state index in [-0.39, 0.29) is 12.5 Å². The highest BCUT2D eigenvalue weighted by atomic mass is 16.1. The molecule has 1 aromatic heterocycles. The molecule has 0 aliphatic rings. The summed E-state index contributed by atoms with van der Waals surface area (Å²) in [7, 11) is 0. The number of benzene rings is 2. The summed E-state index contributed by atoms with van der Waals surface area (Å²) in [6.45, 7) is 2.21. The third kappa shape index (κ3) is 3.21. The molecule has 0 unspecified atom stereocenters. The molecule has 4 heteroatoms. The van der Waals surface area contributed by atoms with Crippen LogP contribution in [0.1, 0.15) is 15.9 Å². The average molecular weight is 315 g/mol. The lowest BCUT2D eigenvalue weighted by molar-refractivity contribution is 0.0959. The maximum absolute atomic E-state index is 12.4. The number of terminal acetylenes is 1. The van der Waals surface area contributed by atoms with Gasteiger partial charge in [0.05, 0.1) is 17.8 Å². The zero-order chi connectivity index (χ0) is 16.9. The van der Waals surface area contributed by atoms with Crippen molar-refractivity contribution in [3.8, 4) is 29.3 Å². The van der Waals surface area contributed by atoms with Crippen LogP contribution in [0.5, 0.6) is 0 Å². The molecule has 1 N–H and O–H groups in total. The lowest BCUT2D eigenvalue weighted by Crippen LogP contribution is -2.23. The summed E-state index contributed by atoms with van der Waals surface area (Å²) in [4.78, 5) is 12.4. The van der Waals surface area contributed by atoms with E-state index >= 15 is 0 Å². The van der Waals surface area contributed by atoms with Crippen molar-refractivity contribution in [3.63, 3.8) is 0 Å². The average Bonchev–Trinajstić information content (AvgIpc) is 3.06. The summed E-state index contributed by atoms with van der Waals surface area (Å²) in [5.74, 6) is 2.18. The van der Waals surface area contributed by atoms with Crippen molar-refractivity contribution in [1.82, 2.24) is 15.1 Å². The first-order valence-electron chi connectivity index (χ1n) is 7.63. The fraction of sp³-hybridized carbons (Fsp3) is 0.100. The first-order valence-corrected chi connectivity index (χ1v) is 7.63. The van der Waals surface area contributed by atoms with Gasteiger partial charge in [0.1, 0.15) is 5.69 Å². The first-order chi connectivity index (χ1) is 11.7. The lowest BCUT2D eigenvalue weighted by Gasteiger charge is -2.02. The van der Waals surface area contributed by atoms with Gasteiger partial charge in [0.2, 0.25) is 0 Å². The molecule has 0 aliphatic heterocycles. The highest BCUT2D eigenvalue weighted by Crippen LogP contribution is 2.23. The zero-order valence-corrected chi connectivity index (χ0v) is 13.4. The summed E-state index contributed by atoms with van der Waals surface area (Å²) >= 11 is 0. The molecular weight excluding hydrogens is 298 g/mol. The molecule has 4 nitrogen and oxygen atoms in total. The Hall–Kier alpha value is -3.32. The van der Waals surface area contributed by atoms with Crippen LogP contribution in [0.3, 0.4) is 0 Å². The Bertz CT molecular complexity index is 887. The molecule has 24 heavy (non-hydrogen) atoms. The van der Waals surface area contributed by atoms with Gasteiger partial charge in [-0.2, -0.15) is 5.10 Å². The molecule has 0 spiro atoms. The molecule has 3 aromatic rings. The van der Waals surface area contributed by atoms with Gasteiger partial charge in [-0.05, 0) is 19.1 Å². The highest BCUT2D eigenvalue weighted by molar-refractivity contribution is 6.00. The van der Waals surface area contributed by atoms with Crippen LogP contribution in [0.2, 0.25) is 0 Å². The molecule has 0 fully saturated rings. The summed E-state index contributed by atoms with van der Waals surface area (Å²) < 4.78 is 1.71. The van der Waals surface area contributed by atoms with Crippen molar-refractivity contribution in [3.05, 3.63) is 71.9 Å². The number of nitrogens with one attached hydrogen (secondary N) is 1. The maximum Gasteiger partial charge on any atom is 0.255 e. The second-order valence-electron chi connectivity index (χ2n) is 5.42. The van der Waals surface area contributed by atoms with Gasteiger partial charge in [-0.3, -0.25) is 4.79 Å². The fourth-order valence-electron chi connectivity index (χ4n) is 2.41. The van der Waals surface area contributed by atoms with Crippen LogP contribution in [0.15, 0.2) is 60.8 Å². The summed E-state index contributed by atoms with van der Waals surface area (Å²) in [5, 5.41) is 7.32. The summed E-state index contributed by atoms with van der Waals surface area (Å²) in [6, 6.07) is 17.6. The van der Waals surface area contributed by atoms with Crippen molar-refractivity contribution in [2.24, 2.45) is 0 Å². The summed E-state index contributed by atoms with van der Waals surface area (Å²) in [5.41, 5.74) is 4.08. The van der Waals surface area contributed by atoms with Gasteiger partial charge in [-0.15, -0.1) is 6.42 Å².